The van der Waals surface area contributed by atoms with Crippen LogP contribution < -0.4 is 0 Å². The van der Waals surface area contributed by atoms with Gasteiger partial charge in [0.15, 0.2) is 9.84 Å². The first kappa shape index (κ1) is 8.74. The van der Waals surface area contributed by atoms with Gasteiger partial charge >= 0.3 is 0 Å². The van der Waals surface area contributed by atoms with E-state index < -0.39 is 15.9 Å². The molecule has 1 aliphatic heterocycles. The Morgan fingerprint density at radius 2 is 2.27 bits per heavy atom. The highest BCUT2D eigenvalue weighted by Crippen LogP contribution is 2.17. The Morgan fingerprint density at radius 1 is 1.64 bits per heavy atom. The predicted molar refractivity (Wildman–Crippen MR) is 43.0 cm³/mol. The zero-order valence-corrected chi connectivity index (χ0v) is 7.26. The summed E-state index contributed by atoms with van der Waals surface area (Å²) in [6.07, 6.45) is 1.68. The van der Waals surface area contributed by atoms with E-state index in [1.807, 2.05) is 0 Å². The molecule has 1 heterocycles. The molecular formula is C7H12O3S. The van der Waals surface area contributed by atoms with Crippen molar-refractivity contribution in [3.05, 3.63) is 11.6 Å². The first-order valence-electron chi connectivity index (χ1n) is 3.58. The van der Waals surface area contributed by atoms with Crippen LogP contribution in [0.3, 0.4) is 0 Å². The third kappa shape index (κ3) is 2.63. The van der Waals surface area contributed by atoms with E-state index in [9.17, 15) is 8.42 Å². The topological polar surface area (TPSA) is 54.4 Å². The molecule has 0 radical (unpaired) electrons. The highest BCUT2D eigenvalue weighted by atomic mass is 32.2. The molecule has 1 fully saturated rings. The first-order chi connectivity index (χ1) is 4.99. The minimum atomic E-state index is -2.82. The molecule has 64 valence electrons. The minimum Gasteiger partial charge on any atom is -0.389 e. The normalized spacial score (nSPS) is 29.1. The molecule has 0 bridgehead atoms. The lowest BCUT2D eigenvalue weighted by atomic mass is 10.2. The lowest BCUT2D eigenvalue weighted by Gasteiger charge is -1.96. The van der Waals surface area contributed by atoms with Crippen LogP contribution in [-0.2, 0) is 9.84 Å². The van der Waals surface area contributed by atoms with Crippen LogP contribution in [0.5, 0.6) is 0 Å². The largest absolute Gasteiger partial charge is 0.389 e. The SMILES string of the molecule is CC(O)/C=C1/CCS(=O)(=O)C1. The molecule has 4 heteroatoms. The van der Waals surface area contributed by atoms with Crippen molar-refractivity contribution in [1.29, 1.82) is 0 Å². The molecule has 0 spiro atoms. The zero-order valence-electron chi connectivity index (χ0n) is 6.45. The molecule has 0 aromatic rings. The van der Waals surface area contributed by atoms with Gasteiger partial charge in [0, 0.05) is 0 Å². The standard InChI is InChI=1S/C7H12O3S/c1-6(8)4-7-2-3-11(9,10)5-7/h4,6,8H,2-3,5H2,1H3/b7-4-. The number of hydrogen-bond acceptors (Lipinski definition) is 3. The van der Waals surface area contributed by atoms with Gasteiger partial charge in [0.05, 0.1) is 17.6 Å². The van der Waals surface area contributed by atoms with E-state index in [0.29, 0.717) is 6.42 Å². The summed E-state index contributed by atoms with van der Waals surface area (Å²) in [5.41, 5.74) is 0.847. The second-order valence-corrected chi connectivity index (χ2v) is 5.09. The lowest BCUT2D eigenvalue weighted by Crippen LogP contribution is -2.01. The molecule has 0 saturated carbocycles. The Balaban J connectivity index is 2.69. The molecule has 0 aromatic heterocycles. The molecule has 11 heavy (non-hydrogen) atoms. The molecule has 1 aliphatic rings. The van der Waals surface area contributed by atoms with Crippen LogP contribution in [0, 0.1) is 0 Å². The Kier molecular flexibility index (Phi) is 2.34. The summed E-state index contributed by atoms with van der Waals surface area (Å²) in [5, 5.41) is 8.91. The Hall–Kier alpha value is -0.350. The van der Waals surface area contributed by atoms with Gasteiger partial charge in [-0.3, -0.25) is 0 Å². The minimum absolute atomic E-state index is 0.137. The van der Waals surface area contributed by atoms with Gasteiger partial charge in [-0.2, -0.15) is 0 Å². The number of aliphatic hydroxyl groups excluding tert-OH is 1. The average Bonchev–Trinajstić information content (AvgIpc) is 2.08. The highest BCUT2D eigenvalue weighted by molar-refractivity contribution is 7.91. The predicted octanol–water partition coefficient (Wildman–Crippen LogP) is 0.112. The van der Waals surface area contributed by atoms with Gasteiger partial charge in [-0.25, -0.2) is 8.42 Å². The van der Waals surface area contributed by atoms with Crippen LogP contribution in [0.15, 0.2) is 11.6 Å². The van der Waals surface area contributed by atoms with Crippen molar-refractivity contribution < 1.29 is 13.5 Å². The van der Waals surface area contributed by atoms with E-state index in [2.05, 4.69) is 0 Å². The van der Waals surface area contributed by atoms with E-state index in [0.717, 1.165) is 5.57 Å². The monoisotopic (exact) mass is 176 g/mol. The van der Waals surface area contributed by atoms with Crippen LogP contribution in [0.4, 0.5) is 0 Å². The smallest absolute Gasteiger partial charge is 0.154 e. The first-order valence-corrected chi connectivity index (χ1v) is 5.40. The maximum Gasteiger partial charge on any atom is 0.154 e. The summed E-state index contributed by atoms with van der Waals surface area (Å²) in [6, 6.07) is 0. The van der Waals surface area contributed by atoms with E-state index in [1.54, 1.807) is 13.0 Å². The fourth-order valence-corrected chi connectivity index (χ4v) is 2.71. The number of rotatable bonds is 1. The van der Waals surface area contributed by atoms with Crippen molar-refractivity contribution in [2.45, 2.75) is 19.4 Å². The molecule has 1 atom stereocenters. The van der Waals surface area contributed by atoms with Crippen molar-refractivity contribution >= 4 is 9.84 Å². The van der Waals surface area contributed by atoms with Gasteiger partial charge in [-0.05, 0) is 13.3 Å². The van der Waals surface area contributed by atoms with E-state index in [1.165, 1.54) is 0 Å². The van der Waals surface area contributed by atoms with E-state index in [-0.39, 0.29) is 11.5 Å². The molecule has 0 aliphatic carbocycles. The highest BCUT2D eigenvalue weighted by Gasteiger charge is 2.22. The van der Waals surface area contributed by atoms with Crippen LogP contribution >= 0.6 is 0 Å². The second-order valence-electron chi connectivity index (χ2n) is 2.91. The maximum absolute atomic E-state index is 10.9. The maximum atomic E-state index is 10.9. The Bertz CT molecular complexity index is 261. The number of hydrogen-bond donors (Lipinski definition) is 1. The third-order valence-electron chi connectivity index (χ3n) is 1.62. The van der Waals surface area contributed by atoms with Crippen molar-refractivity contribution in [1.82, 2.24) is 0 Å². The van der Waals surface area contributed by atoms with Crippen LogP contribution in [0.25, 0.3) is 0 Å². The molecule has 3 nitrogen and oxygen atoms in total. The van der Waals surface area contributed by atoms with Crippen molar-refractivity contribution in [2.24, 2.45) is 0 Å². The summed E-state index contributed by atoms with van der Waals surface area (Å²) in [6.45, 7) is 1.62. The summed E-state index contributed by atoms with van der Waals surface area (Å²) < 4.78 is 21.8. The molecule has 0 amide bonds. The zero-order chi connectivity index (χ0) is 8.48. The van der Waals surface area contributed by atoms with Gasteiger partial charge < -0.3 is 5.11 Å². The van der Waals surface area contributed by atoms with Gasteiger partial charge in [0.25, 0.3) is 0 Å². The van der Waals surface area contributed by atoms with Gasteiger partial charge in [-0.1, -0.05) is 11.6 Å². The van der Waals surface area contributed by atoms with Crippen molar-refractivity contribution in [3.63, 3.8) is 0 Å². The Labute approximate surface area is 66.7 Å². The van der Waals surface area contributed by atoms with Gasteiger partial charge in [0.2, 0.25) is 0 Å². The summed E-state index contributed by atoms with van der Waals surface area (Å²) in [7, 11) is -2.82. The average molecular weight is 176 g/mol. The second kappa shape index (κ2) is 2.95. The third-order valence-corrected chi connectivity index (χ3v) is 3.25. The lowest BCUT2D eigenvalue weighted by molar-refractivity contribution is 0.243. The van der Waals surface area contributed by atoms with Crippen molar-refractivity contribution in [3.8, 4) is 0 Å². The van der Waals surface area contributed by atoms with Gasteiger partial charge in [0.1, 0.15) is 0 Å². The van der Waals surface area contributed by atoms with E-state index in [4.69, 9.17) is 5.11 Å². The Morgan fingerprint density at radius 3 is 2.64 bits per heavy atom. The van der Waals surface area contributed by atoms with Crippen LogP contribution in [0.1, 0.15) is 13.3 Å². The van der Waals surface area contributed by atoms with E-state index >= 15 is 0 Å². The summed E-state index contributed by atoms with van der Waals surface area (Å²) in [4.78, 5) is 0. The van der Waals surface area contributed by atoms with Crippen molar-refractivity contribution in [2.75, 3.05) is 11.5 Å². The molecular weight excluding hydrogens is 164 g/mol. The fourth-order valence-electron chi connectivity index (χ4n) is 1.19. The van der Waals surface area contributed by atoms with Crippen LogP contribution in [-0.4, -0.2) is 31.1 Å². The molecule has 1 saturated heterocycles. The van der Waals surface area contributed by atoms with Gasteiger partial charge in [-0.15, -0.1) is 0 Å². The van der Waals surface area contributed by atoms with Crippen LogP contribution in [0.2, 0.25) is 0 Å². The molecule has 0 aromatic carbocycles. The quantitative estimate of drug-likeness (QED) is 0.577. The number of aliphatic hydroxyl groups is 1. The summed E-state index contributed by atoms with van der Waals surface area (Å²) in [5.74, 6) is 0.378. The number of sulfone groups is 1. The molecule has 1 unspecified atom stereocenters. The molecule has 1 rings (SSSR count). The molecule has 1 N–H and O–H groups in total. The summed E-state index contributed by atoms with van der Waals surface area (Å²) >= 11 is 0. The fraction of sp³-hybridized carbons (Fsp3) is 0.714.